The molecule has 0 saturated heterocycles. The second-order valence-electron chi connectivity index (χ2n) is 9.26. The third-order valence-corrected chi connectivity index (χ3v) is 6.25. The van der Waals surface area contributed by atoms with Crippen LogP contribution in [0.4, 0.5) is 0 Å². The lowest BCUT2D eigenvalue weighted by molar-refractivity contribution is 0.174. The van der Waals surface area contributed by atoms with Gasteiger partial charge >= 0.3 is 0 Å². The molecule has 0 heterocycles. The Morgan fingerprint density at radius 3 is 1.43 bits per heavy atom. The largest absolute Gasteiger partial charge is 0.508 e. The number of aliphatic hydroxyl groups is 1. The number of rotatable bonds is 17. The topological polar surface area (TPSA) is 116 Å². The summed E-state index contributed by atoms with van der Waals surface area (Å²) in [7, 11) is 9.31. The number of ether oxygens (including phenoxy) is 6. The molecular weight excluding hydrogens is 516 g/mol. The molecule has 9 nitrogen and oxygen atoms in total. The summed E-state index contributed by atoms with van der Waals surface area (Å²) in [6.07, 6.45) is 3.32. The van der Waals surface area contributed by atoms with Gasteiger partial charge in [0.1, 0.15) is 17.3 Å². The molecule has 0 atom stereocenters. The molecule has 40 heavy (non-hydrogen) atoms. The number of phenolic OH excluding ortho intramolecular Hbond substituents is 2. The second kappa shape index (κ2) is 16.8. The fourth-order valence-electron chi connectivity index (χ4n) is 4.54. The van der Waals surface area contributed by atoms with Crippen molar-refractivity contribution in [2.75, 3.05) is 55.9 Å². The van der Waals surface area contributed by atoms with Crippen LogP contribution in [-0.4, -0.2) is 71.2 Å². The molecule has 0 unspecified atom stereocenters. The molecule has 0 bridgehead atoms. The van der Waals surface area contributed by atoms with Crippen LogP contribution in [0.5, 0.6) is 11.5 Å². The maximum Gasteiger partial charge on any atom is 0.126 e. The number of methoxy groups -OCH3 is 6. The minimum absolute atomic E-state index is 0.0142. The summed E-state index contributed by atoms with van der Waals surface area (Å²) in [4.78, 5) is 0. The van der Waals surface area contributed by atoms with Gasteiger partial charge in [-0.25, -0.2) is 0 Å². The highest BCUT2D eigenvalue weighted by atomic mass is 16.5. The van der Waals surface area contributed by atoms with E-state index >= 15 is 0 Å². The molecule has 0 aliphatic rings. The molecule has 0 amide bonds. The van der Waals surface area contributed by atoms with Crippen molar-refractivity contribution in [3.05, 3.63) is 93.3 Å². The van der Waals surface area contributed by atoms with Crippen molar-refractivity contribution in [2.45, 2.75) is 32.3 Å². The van der Waals surface area contributed by atoms with Crippen LogP contribution in [0.25, 0.3) is 0 Å². The Morgan fingerprint density at radius 1 is 0.700 bits per heavy atom. The Balaban J connectivity index is 2.88. The van der Waals surface area contributed by atoms with E-state index in [9.17, 15) is 15.3 Å². The van der Waals surface area contributed by atoms with Crippen LogP contribution in [0.3, 0.4) is 0 Å². The van der Waals surface area contributed by atoms with Crippen molar-refractivity contribution < 1.29 is 43.7 Å². The van der Waals surface area contributed by atoms with E-state index in [0.717, 1.165) is 11.1 Å². The van der Waals surface area contributed by atoms with Gasteiger partial charge in [-0.05, 0) is 53.1 Å². The lowest BCUT2D eigenvalue weighted by Crippen LogP contribution is -2.10. The molecule has 3 N–H and O–H groups in total. The molecular formula is C31H42O9. The van der Waals surface area contributed by atoms with E-state index in [1.807, 2.05) is 24.3 Å². The lowest BCUT2D eigenvalue weighted by atomic mass is 9.81. The molecule has 0 aliphatic carbocycles. The van der Waals surface area contributed by atoms with Gasteiger partial charge in [-0.3, -0.25) is 0 Å². The fraction of sp³-hybridized carbons (Fsp3) is 0.419. The Labute approximate surface area is 236 Å². The molecule has 2 aromatic rings. The van der Waals surface area contributed by atoms with E-state index in [1.54, 1.807) is 54.8 Å². The van der Waals surface area contributed by atoms with Crippen LogP contribution in [0, 0.1) is 0 Å². The first kappa shape index (κ1) is 33.0. The van der Waals surface area contributed by atoms with Crippen LogP contribution in [-0.2, 0) is 54.8 Å². The van der Waals surface area contributed by atoms with Crippen LogP contribution < -0.4 is 0 Å². The summed E-state index contributed by atoms with van der Waals surface area (Å²) in [5.41, 5.74) is 5.07. The van der Waals surface area contributed by atoms with E-state index in [1.165, 1.54) is 0 Å². The number of hydrogen-bond donors (Lipinski definition) is 3. The molecule has 0 aromatic heterocycles. The van der Waals surface area contributed by atoms with Gasteiger partial charge in [-0.2, -0.15) is 0 Å². The maximum atomic E-state index is 10.9. The smallest absolute Gasteiger partial charge is 0.126 e. The number of allylic oxidation sites excluding steroid dienone is 2. The Kier molecular flexibility index (Phi) is 13.9. The zero-order valence-corrected chi connectivity index (χ0v) is 24.3. The molecule has 2 rings (SSSR count). The van der Waals surface area contributed by atoms with Gasteiger partial charge in [0.15, 0.2) is 0 Å². The van der Waals surface area contributed by atoms with Crippen molar-refractivity contribution in [3.8, 4) is 11.5 Å². The maximum absolute atomic E-state index is 10.9. The van der Waals surface area contributed by atoms with Crippen LogP contribution >= 0.6 is 0 Å². The molecule has 9 heteroatoms. The lowest BCUT2D eigenvalue weighted by Gasteiger charge is -2.24. The van der Waals surface area contributed by atoms with Crippen molar-refractivity contribution >= 4 is 0 Å². The van der Waals surface area contributed by atoms with Crippen molar-refractivity contribution in [1.29, 1.82) is 0 Å². The van der Waals surface area contributed by atoms with E-state index in [0.29, 0.717) is 33.4 Å². The number of benzene rings is 2. The highest BCUT2D eigenvalue weighted by molar-refractivity contribution is 5.55. The average Bonchev–Trinajstić information content (AvgIpc) is 2.92. The third kappa shape index (κ3) is 8.66. The van der Waals surface area contributed by atoms with Gasteiger partial charge in [-0.1, -0.05) is 6.58 Å². The van der Waals surface area contributed by atoms with Gasteiger partial charge in [0.25, 0.3) is 0 Å². The molecule has 0 fully saturated rings. The number of phenols is 2. The highest BCUT2D eigenvalue weighted by Gasteiger charge is 2.24. The summed E-state index contributed by atoms with van der Waals surface area (Å²) >= 11 is 0. The minimum atomic E-state index is -0.472. The number of hydrogen-bond acceptors (Lipinski definition) is 9. The predicted octanol–water partition coefficient (Wildman–Crippen LogP) is 5.03. The monoisotopic (exact) mass is 558 g/mol. The quantitative estimate of drug-likeness (QED) is 0.182. The molecule has 0 aliphatic heterocycles. The molecule has 220 valence electrons. The predicted molar refractivity (Wildman–Crippen MR) is 153 cm³/mol. The van der Waals surface area contributed by atoms with E-state index < -0.39 is 5.92 Å². The summed E-state index contributed by atoms with van der Waals surface area (Å²) in [5.74, 6) is -0.266. The Hall–Kier alpha value is -3.18. The molecule has 0 spiro atoms. The zero-order valence-electron chi connectivity index (χ0n) is 24.3. The average molecular weight is 559 g/mol. The summed E-state index contributed by atoms with van der Waals surface area (Å²) in [5, 5.41) is 32.5. The molecule has 0 saturated carbocycles. The van der Waals surface area contributed by atoms with Gasteiger partial charge in [-0.15, -0.1) is 0 Å². The standard InChI is InChI=1S/C31H42O9/c1-20(10-23(15-36-3)28(32)8-9-35-2)29(21-11-24(16-37-4)30(33)25(12-21)17-38-5)22-13-26(18-39-6)31(34)27(14-22)19-40-7/h8,10-14,29,32-34H,1,9,15-19H2,2-7H3/b23-10-,28-8-. The third-order valence-electron chi connectivity index (χ3n) is 6.25. The first-order valence-corrected chi connectivity index (χ1v) is 12.7. The summed E-state index contributed by atoms with van der Waals surface area (Å²) in [6, 6.07) is 7.43. The zero-order chi connectivity index (χ0) is 29.7. The fourth-order valence-corrected chi connectivity index (χ4v) is 4.54. The Bertz CT molecular complexity index is 1060. The SMILES string of the molecule is C=C(/C=C(COC)\C(O)=C\COC)C(c1cc(COC)c(O)c(COC)c1)c1cc(COC)c(O)c(COC)c1. The number of aliphatic hydroxyl groups excluding tert-OH is 1. The van der Waals surface area contributed by atoms with Gasteiger partial charge in [0.05, 0.1) is 39.6 Å². The van der Waals surface area contributed by atoms with Gasteiger partial charge in [0, 0.05) is 76.4 Å². The molecule has 0 radical (unpaired) electrons. The highest BCUT2D eigenvalue weighted by Crippen LogP contribution is 2.40. The summed E-state index contributed by atoms with van der Waals surface area (Å²) < 4.78 is 31.9. The normalized spacial score (nSPS) is 12.4. The van der Waals surface area contributed by atoms with Crippen LogP contribution in [0.15, 0.2) is 59.9 Å². The van der Waals surface area contributed by atoms with E-state index in [2.05, 4.69) is 6.58 Å². The van der Waals surface area contributed by atoms with Gasteiger partial charge in [0.2, 0.25) is 0 Å². The van der Waals surface area contributed by atoms with Gasteiger partial charge < -0.3 is 43.7 Å². The van der Waals surface area contributed by atoms with Crippen molar-refractivity contribution in [3.63, 3.8) is 0 Å². The number of aromatic hydroxyl groups is 2. The van der Waals surface area contributed by atoms with E-state index in [-0.39, 0.29) is 56.9 Å². The van der Waals surface area contributed by atoms with Crippen molar-refractivity contribution in [1.82, 2.24) is 0 Å². The van der Waals surface area contributed by atoms with Crippen LogP contribution in [0.2, 0.25) is 0 Å². The Morgan fingerprint density at radius 2 is 1.10 bits per heavy atom. The minimum Gasteiger partial charge on any atom is -0.508 e. The second-order valence-corrected chi connectivity index (χ2v) is 9.26. The first-order chi connectivity index (χ1) is 19.3. The first-order valence-electron chi connectivity index (χ1n) is 12.7. The van der Waals surface area contributed by atoms with E-state index in [4.69, 9.17) is 28.4 Å². The summed E-state index contributed by atoms with van der Waals surface area (Å²) in [6.45, 7) is 5.47. The van der Waals surface area contributed by atoms with Crippen LogP contribution in [0.1, 0.15) is 39.3 Å². The van der Waals surface area contributed by atoms with Crippen molar-refractivity contribution in [2.24, 2.45) is 0 Å². The molecule has 2 aromatic carbocycles.